The largest absolute Gasteiger partial charge is 1.00 e. The summed E-state index contributed by atoms with van der Waals surface area (Å²) >= 11 is 0. The van der Waals surface area contributed by atoms with Crippen LogP contribution in [0.2, 0.25) is 0 Å². The van der Waals surface area contributed by atoms with E-state index >= 15 is 0 Å². The third kappa shape index (κ3) is 4.76. The summed E-state index contributed by atoms with van der Waals surface area (Å²) in [6.07, 6.45) is 0.242. The molecule has 64 valence electrons. The van der Waals surface area contributed by atoms with E-state index < -0.39 is 6.09 Å². The molecule has 2 N–H and O–H groups in total. The van der Waals surface area contributed by atoms with Crippen LogP contribution in [0.25, 0.3) is 0 Å². The van der Waals surface area contributed by atoms with Crippen molar-refractivity contribution in [2.45, 2.75) is 6.42 Å². The number of hydrogen-bond acceptors (Lipinski definition) is 4. The van der Waals surface area contributed by atoms with Gasteiger partial charge in [0.2, 0.25) is 0 Å². The average Bonchev–Trinajstić information content (AvgIpc) is 1.49. The van der Waals surface area contributed by atoms with Crippen LogP contribution in [0.1, 0.15) is 6.42 Å². The molecule has 5 nitrogen and oxygen atoms in total. The molecule has 0 aromatic rings. The number of amides is 1. The molecule has 2 fully saturated rings. The first-order chi connectivity index (χ1) is 5.30. The van der Waals surface area contributed by atoms with Gasteiger partial charge >= 0.3 is 51.4 Å². The van der Waals surface area contributed by atoms with Gasteiger partial charge in [-0.3, -0.25) is 5.01 Å². The van der Waals surface area contributed by atoms with Crippen LogP contribution in [-0.4, -0.2) is 37.3 Å². The summed E-state index contributed by atoms with van der Waals surface area (Å²) in [6, 6.07) is 0. The fourth-order valence-corrected chi connectivity index (χ4v) is 0.556. The van der Waals surface area contributed by atoms with Crippen molar-refractivity contribution in [2.24, 2.45) is 0 Å². The smallest absolute Gasteiger partial charge is 0.529 e. The maximum absolute atomic E-state index is 9.73. The van der Waals surface area contributed by atoms with Crippen molar-refractivity contribution in [3.63, 3.8) is 0 Å². The van der Waals surface area contributed by atoms with Gasteiger partial charge in [0.25, 0.3) is 0 Å². The second-order valence-electron chi connectivity index (χ2n) is 2.43. The van der Waals surface area contributed by atoms with E-state index in [1.807, 2.05) is 0 Å². The second kappa shape index (κ2) is 7.25. The zero-order valence-electron chi connectivity index (χ0n) is 7.30. The third-order valence-electron chi connectivity index (χ3n) is 1.57. The van der Waals surface area contributed by atoms with Gasteiger partial charge in [-0.2, -0.15) is 0 Å². The monoisotopic (exact) mass is 197 g/mol. The summed E-state index contributed by atoms with van der Waals surface area (Å²) in [5.74, 6) is 0. The van der Waals surface area contributed by atoms with E-state index in [1.165, 1.54) is 19.5 Å². The summed E-state index contributed by atoms with van der Waals surface area (Å²) in [7, 11) is 0. The van der Waals surface area contributed by atoms with Crippen LogP contribution in [0.3, 0.4) is 0 Å². The Morgan fingerprint density at radius 3 is 1.75 bits per heavy atom. The Balaban J connectivity index is 0.000000209. The summed E-state index contributed by atoms with van der Waals surface area (Å²) < 4.78 is 0. The Morgan fingerprint density at radius 2 is 1.75 bits per heavy atom. The van der Waals surface area contributed by atoms with E-state index in [1.54, 1.807) is 0 Å². The molecule has 1 amide bonds. The van der Waals surface area contributed by atoms with Crippen LogP contribution in [0, 0.1) is 0 Å². The Hall–Kier alpha value is 0.826. The van der Waals surface area contributed by atoms with E-state index in [0.29, 0.717) is 6.54 Å². The van der Waals surface area contributed by atoms with Crippen molar-refractivity contribution in [2.75, 3.05) is 26.2 Å². The van der Waals surface area contributed by atoms with Gasteiger partial charge in [-0.05, 0) is 19.5 Å². The topological polar surface area (TPSA) is 67.4 Å². The zero-order valence-corrected chi connectivity index (χ0v) is 10.4. The fraction of sp³-hybridized carbons (Fsp3) is 0.833. The molecule has 2 heterocycles. The predicted molar refractivity (Wildman–Crippen MR) is 37.6 cm³/mol. The molecule has 0 aliphatic carbocycles. The molecule has 2 saturated heterocycles. The molecule has 6 heteroatoms. The van der Waals surface area contributed by atoms with Crippen molar-refractivity contribution in [3.05, 3.63) is 0 Å². The minimum Gasteiger partial charge on any atom is -0.529 e. The van der Waals surface area contributed by atoms with E-state index in [4.69, 9.17) is 0 Å². The van der Waals surface area contributed by atoms with Gasteiger partial charge in [-0.15, -0.1) is 0 Å². The van der Waals surface area contributed by atoms with Gasteiger partial charge in [0.15, 0.2) is 6.09 Å². The Kier molecular flexibility index (Phi) is 7.75. The normalized spacial score (nSPS) is 18.8. The third-order valence-corrected chi connectivity index (χ3v) is 1.57. The molecule has 2 rings (SSSR count). The Morgan fingerprint density at radius 1 is 1.33 bits per heavy atom. The molecule has 0 atom stereocenters. The van der Waals surface area contributed by atoms with Crippen LogP contribution in [-0.2, 0) is 0 Å². The van der Waals surface area contributed by atoms with Gasteiger partial charge in [0.05, 0.1) is 6.54 Å². The molecule has 0 aromatic heterocycles. The maximum Gasteiger partial charge on any atom is 1.00 e. The summed E-state index contributed by atoms with van der Waals surface area (Å²) in [4.78, 5) is 9.73. The number of rotatable bonds is 0. The standard InChI is InChI=1S/C3H6N2O2.C3H7N.K/c6-3(7)5-2-1-4-5;1-2-4-3-1;/h4H,1-2H2,(H,6,7);4H,1-3H2;/q;;+1/p-1. The van der Waals surface area contributed by atoms with Crippen LogP contribution in [0.5, 0.6) is 0 Å². The first-order valence-corrected chi connectivity index (χ1v) is 3.73. The van der Waals surface area contributed by atoms with Crippen molar-refractivity contribution in [1.82, 2.24) is 15.8 Å². The second-order valence-corrected chi connectivity index (χ2v) is 2.43. The number of hydrazine groups is 1. The maximum atomic E-state index is 9.73. The molecule has 2 aliphatic rings. The van der Waals surface area contributed by atoms with Crippen LogP contribution >= 0.6 is 0 Å². The number of carbonyl (C=O) groups excluding carboxylic acids is 1. The number of hydrogen-bond donors (Lipinski definition) is 2. The fourth-order valence-electron chi connectivity index (χ4n) is 0.556. The molecular formula is C6H12KN3O2. The SMILES string of the molecule is C1CNC1.O=C([O-])N1CCN1.[K+]. The summed E-state index contributed by atoms with van der Waals surface area (Å²) in [5.41, 5.74) is 2.52. The van der Waals surface area contributed by atoms with Gasteiger partial charge in [-0.1, -0.05) is 0 Å². The quantitative estimate of drug-likeness (QED) is 0.382. The number of nitrogens with one attached hydrogen (secondary N) is 2. The molecule has 0 saturated carbocycles. The molecule has 2 aliphatic heterocycles. The first-order valence-electron chi connectivity index (χ1n) is 3.73. The molecule has 0 spiro atoms. The van der Waals surface area contributed by atoms with Crippen molar-refractivity contribution < 1.29 is 61.3 Å². The van der Waals surface area contributed by atoms with Gasteiger partial charge < -0.3 is 15.2 Å². The van der Waals surface area contributed by atoms with E-state index in [0.717, 1.165) is 11.6 Å². The minimum absolute atomic E-state index is 0. The van der Waals surface area contributed by atoms with Crippen LogP contribution in [0.4, 0.5) is 4.79 Å². The van der Waals surface area contributed by atoms with E-state index in [-0.39, 0.29) is 51.4 Å². The van der Waals surface area contributed by atoms with Crippen molar-refractivity contribution in [3.8, 4) is 0 Å². The van der Waals surface area contributed by atoms with E-state index in [2.05, 4.69) is 10.7 Å². The molecule has 12 heavy (non-hydrogen) atoms. The van der Waals surface area contributed by atoms with Gasteiger partial charge in [0.1, 0.15) is 0 Å². The Labute approximate surface area is 114 Å². The molecule has 0 bridgehead atoms. The summed E-state index contributed by atoms with van der Waals surface area (Å²) in [5, 5.41) is 13.9. The summed E-state index contributed by atoms with van der Waals surface area (Å²) in [6.45, 7) is 3.80. The first kappa shape index (κ1) is 12.8. The number of carboxylic acid groups (broad SMARTS) is 1. The van der Waals surface area contributed by atoms with Gasteiger partial charge in [0, 0.05) is 6.54 Å². The van der Waals surface area contributed by atoms with Crippen molar-refractivity contribution >= 4 is 6.09 Å². The average molecular weight is 197 g/mol. The zero-order chi connectivity index (χ0) is 8.10. The van der Waals surface area contributed by atoms with Crippen LogP contribution in [0.15, 0.2) is 0 Å². The molecule has 0 unspecified atom stereocenters. The molecule has 0 radical (unpaired) electrons. The number of carbonyl (C=O) groups is 1. The predicted octanol–water partition coefficient (Wildman–Crippen LogP) is -4.87. The van der Waals surface area contributed by atoms with E-state index in [9.17, 15) is 9.90 Å². The van der Waals surface area contributed by atoms with Gasteiger partial charge in [-0.25, -0.2) is 5.43 Å². The Bertz CT molecular complexity index is 133. The minimum atomic E-state index is -1.15. The molecule has 0 aromatic carbocycles. The molecular weight excluding hydrogens is 185 g/mol. The van der Waals surface area contributed by atoms with Crippen molar-refractivity contribution in [1.29, 1.82) is 0 Å². The van der Waals surface area contributed by atoms with Crippen LogP contribution < -0.4 is 67.2 Å². The number of nitrogens with zero attached hydrogens (tertiary/aromatic N) is 1.